The largest absolute Gasteiger partial charge is 0.354 e. The van der Waals surface area contributed by atoms with Crippen molar-refractivity contribution in [2.75, 3.05) is 15.8 Å². The standard InChI is InChI=1S/C22H25N3O2S/c1-2-19-12-6-7-13-21(19)24-20-14-15-22(23-17-20)25-28(26,27)16-8-11-18-9-4-3-5-10-18/h3-7,9-10,12-15,17,24H,2,8,11,16H2,1H3,(H,23,25). The molecule has 0 radical (unpaired) electrons. The van der Waals surface area contributed by atoms with E-state index in [1.807, 2.05) is 54.6 Å². The zero-order valence-electron chi connectivity index (χ0n) is 15.9. The van der Waals surface area contributed by atoms with Gasteiger partial charge >= 0.3 is 0 Å². The number of para-hydroxylation sites is 1. The van der Waals surface area contributed by atoms with Gasteiger partial charge in [-0.1, -0.05) is 55.5 Å². The topological polar surface area (TPSA) is 71.1 Å². The molecule has 2 aromatic carbocycles. The SMILES string of the molecule is CCc1ccccc1Nc1ccc(NS(=O)(=O)CCCc2ccccc2)nc1. The van der Waals surface area contributed by atoms with Crippen molar-refractivity contribution >= 4 is 27.2 Å². The summed E-state index contributed by atoms with van der Waals surface area (Å²) in [5, 5.41) is 3.33. The van der Waals surface area contributed by atoms with Gasteiger partial charge in [0.2, 0.25) is 10.0 Å². The zero-order valence-corrected chi connectivity index (χ0v) is 16.7. The maximum Gasteiger partial charge on any atom is 0.233 e. The number of aromatic nitrogens is 1. The molecule has 0 amide bonds. The molecule has 6 heteroatoms. The molecule has 3 rings (SSSR count). The Morgan fingerprint density at radius 3 is 2.39 bits per heavy atom. The summed E-state index contributed by atoms with van der Waals surface area (Å²) in [6.07, 6.45) is 3.85. The molecule has 3 aromatic rings. The predicted molar refractivity (Wildman–Crippen MR) is 116 cm³/mol. The molecule has 0 saturated carbocycles. The number of pyridine rings is 1. The molecule has 0 aliphatic carbocycles. The number of rotatable bonds is 9. The quantitative estimate of drug-likeness (QED) is 0.548. The molecule has 1 aromatic heterocycles. The Balaban J connectivity index is 1.55. The lowest BCUT2D eigenvalue weighted by atomic mass is 10.1. The maximum absolute atomic E-state index is 12.3. The first kappa shape index (κ1) is 19.9. The van der Waals surface area contributed by atoms with Gasteiger partial charge in [-0.15, -0.1) is 0 Å². The smallest absolute Gasteiger partial charge is 0.233 e. The second kappa shape index (κ2) is 9.37. The summed E-state index contributed by atoms with van der Waals surface area (Å²) < 4.78 is 27.1. The molecule has 5 nitrogen and oxygen atoms in total. The Labute approximate surface area is 166 Å². The molecule has 0 atom stereocenters. The number of aryl methyl sites for hydroxylation is 2. The highest BCUT2D eigenvalue weighted by Crippen LogP contribution is 2.21. The lowest BCUT2D eigenvalue weighted by Crippen LogP contribution is -2.18. The summed E-state index contributed by atoms with van der Waals surface area (Å²) in [5.74, 6) is 0.391. The van der Waals surface area contributed by atoms with Crippen LogP contribution in [0.15, 0.2) is 72.9 Å². The minimum Gasteiger partial charge on any atom is -0.354 e. The van der Waals surface area contributed by atoms with Crippen molar-refractivity contribution in [1.82, 2.24) is 4.98 Å². The van der Waals surface area contributed by atoms with E-state index in [2.05, 4.69) is 28.0 Å². The van der Waals surface area contributed by atoms with Gasteiger partial charge in [0.1, 0.15) is 5.82 Å². The van der Waals surface area contributed by atoms with E-state index in [9.17, 15) is 8.42 Å². The highest BCUT2D eigenvalue weighted by atomic mass is 32.2. The number of sulfonamides is 1. The van der Waals surface area contributed by atoms with Gasteiger partial charge in [-0.3, -0.25) is 4.72 Å². The summed E-state index contributed by atoms with van der Waals surface area (Å²) >= 11 is 0. The Hall–Kier alpha value is -2.86. The van der Waals surface area contributed by atoms with Crippen molar-refractivity contribution in [3.63, 3.8) is 0 Å². The number of nitrogens with one attached hydrogen (secondary N) is 2. The van der Waals surface area contributed by atoms with Crippen molar-refractivity contribution in [3.05, 3.63) is 84.1 Å². The third-order valence-corrected chi connectivity index (χ3v) is 5.77. The minimum atomic E-state index is -3.42. The van der Waals surface area contributed by atoms with Gasteiger partial charge < -0.3 is 5.32 Å². The van der Waals surface area contributed by atoms with Crippen molar-refractivity contribution in [2.24, 2.45) is 0 Å². The molecule has 1 heterocycles. The van der Waals surface area contributed by atoms with Crippen LogP contribution in [0.4, 0.5) is 17.2 Å². The lowest BCUT2D eigenvalue weighted by molar-refractivity contribution is 0.598. The molecule has 2 N–H and O–H groups in total. The fraction of sp³-hybridized carbons (Fsp3) is 0.227. The summed E-state index contributed by atoms with van der Waals surface area (Å²) in [6, 6.07) is 21.5. The number of benzene rings is 2. The Morgan fingerprint density at radius 1 is 0.929 bits per heavy atom. The summed E-state index contributed by atoms with van der Waals surface area (Å²) in [7, 11) is -3.42. The van der Waals surface area contributed by atoms with Crippen LogP contribution < -0.4 is 10.0 Å². The molecule has 0 saturated heterocycles. The number of hydrogen-bond acceptors (Lipinski definition) is 4. The van der Waals surface area contributed by atoms with E-state index in [0.717, 1.165) is 29.8 Å². The van der Waals surface area contributed by atoms with Gasteiger partial charge in [0, 0.05) is 5.69 Å². The van der Waals surface area contributed by atoms with Crippen molar-refractivity contribution in [2.45, 2.75) is 26.2 Å². The molecule has 0 spiro atoms. The monoisotopic (exact) mass is 395 g/mol. The van der Waals surface area contributed by atoms with E-state index in [4.69, 9.17) is 0 Å². The lowest BCUT2D eigenvalue weighted by Gasteiger charge is -2.11. The van der Waals surface area contributed by atoms with Crippen LogP contribution in [0.5, 0.6) is 0 Å². The van der Waals surface area contributed by atoms with Crippen LogP contribution in [0.3, 0.4) is 0 Å². The van der Waals surface area contributed by atoms with Crippen molar-refractivity contribution in [1.29, 1.82) is 0 Å². The van der Waals surface area contributed by atoms with E-state index < -0.39 is 10.0 Å². The fourth-order valence-corrected chi connectivity index (χ4v) is 4.02. The van der Waals surface area contributed by atoms with E-state index in [0.29, 0.717) is 12.2 Å². The van der Waals surface area contributed by atoms with E-state index in [1.165, 1.54) is 5.56 Å². The third-order valence-electron chi connectivity index (χ3n) is 4.42. The Kier molecular flexibility index (Phi) is 6.66. The van der Waals surface area contributed by atoms with Gasteiger partial charge in [-0.2, -0.15) is 0 Å². The van der Waals surface area contributed by atoms with Crippen LogP contribution in [0.25, 0.3) is 0 Å². The maximum atomic E-state index is 12.3. The second-order valence-electron chi connectivity index (χ2n) is 6.58. The minimum absolute atomic E-state index is 0.0629. The fourth-order valence-electron chi connectivity index (χ4n) is 2.96. The average molecular weight is 396 g/mol. The summed E-state index contributed by atoms with van der Waals surface area (Å²) in [4.78, 5) is 4.23. The van der Waals surface area contributed by atoms with Crippen LogP contribution in [0, 0.1) is 0 Å². The number of nitrogens with zero attached hydrogens (tertiary/aromatic N) is 1. The third kappa shape index (κ3) is 5.82. The highest BCUT2D eigenvalue weighted by Gasteiger charge is 2.11. The highest BCUT2D eigenvalue weighted by molar-refractivity contribution is 7.92. The predicted octanol–water partition coefficient (Wildman–Crippen LogP) is 4.76. The summed E-state index contributed by atoms with van der Waals surface area (Å²) in [5.41, 5.74) is 4.19. The average Bonchev–Trinajstić information content (AvgIpc) is 2.70. The first-order valence-electron chi connectivity index (χ1n) is 9.41. The van der Waals surface area contributed by atoms with Gasteiger partial charge in [-0.05, 0) is 48.6 Å². The first-order valence-corrected chi connectivity index (χ1v) is 11.1. The van der Waals surface area contributed by atoms with E-state index in [-0.39, 0.29) is 5.75 Å². The normalized spacial score (nSPS) is 11.2. The molecule has 146 valence electrons. The van der Waals surface area contributed by atoms with Gasteiger partial charge in [0.15, 0.2) is 0 Å². The number of hydrogen-bond donors (Lipinski definition) is 2. The molecule has 0 aliphatic rings. The zero-order chi connectivity index (χ0) is 19.8. The molecule has 0 aliphatic heterocycles. The van der Waals surface area contributed by atoms with Gasteiger partial charge in [0.05, 0.1) is 17.6 Å². The van der Waals surface area contributed by atoms with Crippen LogP contribution in [-0.4, -0.2) is 19.2 Å². The van der Waals surface area contributed by atoms with E-state index >= 15 is 0 Å². The van der Waals surface area contributed by atoms with Crippen molar-refractivity contribution in [3.8, 4) is 0 Å². The first-order chi connectivity index (χ1) is 13.6. The van der Waals surface area contributed by atoms with Gasteiger partial charge in [0.25, 0.3) is 0 Å². The van der Waals surface area contributed by atoms with E-state index in [1.54, 1.807) is 12.3 Å². The van der Waals surface area contributed by atoms with Crippen LogP contribution in [-0.2, 0) is 22.9 Å². The van der Waals surface area contributed by atoms with Crippen LogP contribution >= 0.6 is 0 Å². The number of anilines is 3. The summed E-state index contributed by atoms with van der Waals surface area (Å²) in [6.45, 7) is 2.11. The van der Waals surface area contributed by atoms with Gasteiger partial charge in [-0.25, -0.2) is 13.4 Å². The molecule has 0 bridgehead atoms. The molecule has 28 heavy (non-hydrogen) atoms. The van der Waals surface area contributed by atoms with Crippen molar-refractivity contribution < 1.29 is 8.42 Å². The molecular weight excluding hydrogens is 370 g/mol. The Bertz CT molecular complexity index is 988. The molecule has 0 unspecified atom stereocenters. The van der Waals surface area contributed by atoms with Crippen LogP contribution in [0.1, 0.15) is 24.5 Å². The molecular formula is C22H25N3O2S. The Morgan fingerprint density at radius 2 is 1.68 bits per heavy atom. The van der Waals surface area contributed by atoms with Crippen LogP contribution in [0.2, 0.25) is 0 Å². The second-order valence-corrected chi connectivity index (χ2v) is 8.42. The molecule has 0 fully saturated rings.